The summed E-state index contributed by atoms with van der Waals surface area (Å²) in [6.45, 7) is 4.62. The van der Waals surface area contributed by atoms with Gasteiger partial charge in [-0.05, 0) is 64.2 Å². The second kappa shape index (κ2) is 6.72. The van der Waals surface area contributed by atoms with Crippen LogP contribution in [0.2, 0.25) is 0 Å². The first-order chi connectivity index (χ1) is 8.29. The minimum atomic E-state index is 0.695. The van der Waals surface area contributed by atoms with E-state index in [0.717, 1.165) is 18.4 Å². The molecule has 0 bridgehead atoms. The summed E-state index contributed by atoms with van der Waals surface area (Å²) in [4.78, 5) is 2.47. The Labute approximate surface area is 106 Å². The smallest absolute Gasteiger partial charge is 0.0107 e. The molecule has 3 heteroatoms. The number of hydrogen-bond acceptors (Lipinski definition) is 3. The minimum absolute atomic E-state index is 0.695. The fraction of sp³-hybridized carbons (Fsp3) is 1.00. The molecule has 1 aliphatic carbocycles. The molecule has 0 aromatic rings. The number of hydrogen-bond donors (Lipinski definition) is 2. The van der Waals surface area contributed by atoms with Crippen molar-refractivity contribution in [2.24, 2.45) is 17.6 Å². The van der Waals surface area contributed by atoms with E-state index < -0.39 is 0 Å². The van der Waals surface area contributed by atoms with Crippen LogP contribution in [-0.2, 0) is 0 Å². The van der Waals surface area contributed by atoms with Gasteiger partial charge < -0.3 is 16.0 Å². The minimum Gasteiger partial charge on any atom is -0.330 e. The maximum Gasteiger partial charge on any atom is 0.0107 e. The van der Waals surface area contributed by atoms with Crippen LogP contribution >= 0.6 is 0 Å². The Balaban J connectivity index is 1.72. The molecule has 1 aliphatic heterocycles. The van der Waals surface area contributed by atoms with Crippen LogP contribution in [0.25, 0.3) is 0 Å². The third kappa shape index (κ3) is 3.94. The molecule has 17 heavy (non-hydrogen) atoms. The lowest BCUT2D eigenvalue weighted by Crippen LogP contribution is -2.46. The summed E-state index contributed by atoms with van der Waals surface area (Å²) < 4.78 is 0. The van der Waals surface area contributed by atoms with Crippen molar-refractivity contribution in [3.05, 3.63) is 0 Å². The topological polar surface area (TPSA) is 41.3 Å². The highest BCUT2D eigenvalue weighted by molar-refractivity contribution is 4.83. The van der Waals surface area contributed by atoms with Gasteiger partial charge in [-0.2, -0.15) is 0 Å². The molecule has 1 saturated heterocycles. The highest BCUT2D eigenvalue weighted by atomic mass is 15.1. The summed E-state index contributed by atoms with van der Waals surface area (Å²) in [5.41, 5.74) is 5.88. The molecule has 0 aromatic carbocycles. The van der Waals surface area contributed by atoms with Crippen LogP contribution in [0.3, 0.4) is 0 Å². The average molecular weight is 239 g/mol. The number of likely N-dealkylation sites (tertiary alicyclic amines) is 1. The van der Waals surface area contributed by atoms with Crippen molar-refractivity contribution in [2.75, 3.05) is 33.2 Å². The van der Waals surface area contributed by atoms with Crippen LogP contribution in [0.15, 0.2) is 0 Å². The van der Waals surface area contributed by atoms with E-state index in [-0.39, 0.29) is 0 Å². The van der Waals surface area contributed by atoms with Crippen molar-refractivity contribution in [1.29, 1.82) is 0 Å². The van der Waals surface area contributed by atoms with E-state index >= 15 is 0 Å². The molecule has 100 valence electrons. The summed E-state index contributed by atoms with van der Waals surface area (Å²) in [6.07, 6.45) is 8.21. The number of piperidine rings is 1. The second-order valence-corrected chi connectivity index (χ2v) is 6.07. The molecule has 3 unspecified atom stereocenters. The maximum absolute atomic E-state index is 5.88. The summed E-state index contributed by atoms with van der Waals surface area (Å²) >= 11 is 0. The zero-order chi connectivity index (χ0) is 12.1. The van der Waals surface area contributed by atoms with E-state index in [4.69, 9.17) is 5.73 Å². The van der Waals surface area contributed by atoms with Crippen molar-refractivity contribution in [2.45, 2.75) is 44.6 Å². The van der Waals surface area contributed by atoms with E-state index in [9.17, 15) is 0 Å². The van der Waals surface area contributed by atoms with Crippen molar-refractivity contribution in [3.8, 4) is 0 Å². The summed E-state index contributed by atoms with van der Waals surface area (Å²) in [7, 11) is 2.25. The van der Waals surface area contributed by atoms with Gasteiger partial charge in [0, 0.05) is 12.6 Å². The number of rotatable bonds is 4. The lowest BCUT2D eigenvalue weighted by molar-refractivity contribution is 0.188. The molecule has 1 heterocycles. The predicted octanol–water partition coefficient (Wildman–Crippen LogP) is 1.44. The standard InChI is InChI=1S/C14H29N3/c1-17-8-4-5-12(11-17)10-16-14-7-3-2-6-13(14)9-15/h12-14,16H,2-11,15H2,1H3. The van der Waals surface area contributed by atoms with Crippen molar-refractivity contribution < 1.29 is 0 Å². The number of nitrogens with zero attached hydrogens (tertiary/aromatic N) is 1. The van der Waals surface area contributed by atoms with E-state index in [1.165, 1.54) is 58.2 Å². The van der Waals surface area contributed by atoms with Crippen LogP contribution in [0.1, 0.15) is 38.5 Å². The van der Waals surface area contributed by atoms with Crippen LogP contribution in [0.4, 0.5) is 0 Å². The van der Waals surface area contributed by atoms with Crippen molar-refractivity contribution in [3.63, 3.8) is 0 Å². The van der Waals surface area contributed by atoms with Gasteiger partial charge in [0.15, 0.2) is 0 Å². The summed E-state index contributed by atoms with van der Waals surface area (Å²) in [6, 6.07) is 0.695. The molecular formula is C14H29N3. The molecular weight excluding hydrogens is 210 g/mol. The predicted molar refractivity (Wildman–Crippen MR) is 73.0 cm³/mol. The molecule has 2 fully saturated rings. The van der Waals surface area contributed by atoms with Gasteiger partial charge in [-0.3, -0.25) is 0 Å². The molecule has 0 radical (unpaired) electrons. The first-order valence-electron chi connectivity index (χ1n) is 7.41. The van der Waals surface area contributed by atoms with Crippen LogP contribution in [0.5, 0.6) is 0 Å². The monoisotopic (exact) mass is 239 g/mol. The molecule has 2 rings (SSSR count). The van der Waals surface area contributed by atoms with E-state index in [1.54, 1.807) is 0 Å². The van der Waals surface area contributed by atoms with Gasteiger partial charge in [0.2, 0.25) is 0 Å². The SMILES string of the molecule is CN1CCCC(CNC2CCCCC2CN)C1. The molecule has 0 aromatic heterocycles. The van der Waals surface area contributed by atoms with E-state index in [0.29, 0.717) is 6.04 Å². The van der Waals surface area contributed by atoms with Gasteiger partial charge in [0.25, 0.3) is 0 Å². The molecule has 0 amide bonds. The number of nitrogens with one attached hydrogen (secondary N) is 1. The number of nitrogens with two attached hydrogens (primary N) is 1. The fourth-order valence-corrected chi connectivity index (χ4v) is 3.52. The Kier molecular flexibility index (Phi) is 5.26. The Hall–Kier alpha value is -0.120. The molecule has 3 atom stereocenters. The van der Waals surface area contributed by atoms with Crippen LogP contribution in [0, 0.1) is 11.8 Å². The molecule has 3 N–H and O–H groups in total. The molecule has 2 aliphatic rings. The van der Waals surface area contributed by atoms with Gasteiger partial charge in [0.1, 0.15) is 0 Å². The first-order valence-corrected chi connectivity index (χ1v) is 7.41. The lowest BCUT2D eigenvalue weighted by Gasteiger charge is -2.35. The third-order valence-corrected chi connectivity index (χ3v) is 4.60. The van der Waals surface area contributed by atoms with E-state index in [2.05, 4.69) is 17.3 Å². The van der Waals surface area contributed by atoms with Crippen molar-refractivity contribution >= 4 is 0 Å². The second-order valence-electron chi connectivity index (χ2n) is 6.07. The van der Waals surface area contributed by atoms with E-state index in [1.807, 2.05) is 0 Å². The van der Waals surface area contributed by atoms with Gasteiger partial charge in [-0.15, -0.1) is 0 Å². The van der Waals surface area contributed by atoms with Gasteiger partial charge in [0.05, 0.1) is 0 Å². The zero-order valence-electron chi connectivity index (χ0n) is 11.3. The quantitative estimate of drug-likeness (QED) is 0.780. The molecule has 3 nitrogen and oxygen atoms in total. The van der Waals surface area contributed by atoms with Crippen molar-refractivity contribution in [1.82, 2.24) is 10.2 Å². The Bertz CT molecular complexity index is 220. The Morgan fingerprint density at radius 1 is 1.18 bits per heavy atom. The first kappa shape index (κ1) is 13.3. The van der Waals surface area contributed by atoms with Gasteiger partial charge in [-0.1, -0.05) is 12.8 Å². The fourth-order valence-electron chi connectivity index (χ4n) is 3.52. The average Bonchev–Trinajstić information content (AvgIpc) is 2.37. The van der Waals surface area contributed by atoms with Gasteiger partial charge in [-0.25, -0.2) is 0 Å². The highest BCUT2D eigenvalue weighted by Gasteiger charge is 2.25. The van der Waals surface area contributed by atoms with Crippen LogP contribution in [-0.4, -0.2) is 44.2 Å². The maximum atomic E-state index is 5.88. The lowest BCUT2D eigenvalue weighted by atomic mass is 9.84. The normalized spacial score (nSPS) is 36.0. The highest BCUT2D eigenvalue weighted by Crippen LogP contribution is 2.24. The Morgan fingerprint density at radius 2 is 2.00 bits per heavy atom. The zero-order valence-corrected chi connectivity index (χ0v) is 11.3. The Morgan fingerprint density at radius 3 is 2.76 bits per heavy atom. The largest absolute Gasteiger partial charge is 0.330 e. The molecule has 0 spiro atoms. The van der Waals surface area contributed by atoms with Gasteiger partial charge >= 0.3 is 0 Å². The summed E-state index contributed by atoms with van der Waals surface area (Å²) in [5, 5.41) is 3.81. The van der Waals surface area contributed by atoms with Crippen LogP contribution < -0.4 is 11.1 Å². The third-order valence-electron chi connectivity index (χ3n) is 4.60. The molecule has 1 saturated carbocycles. The summed E-state index contributed by atoms with van der Waals surface area (Å²) in [5.74, 6) is 1.58.